The first-order valence-corrected chi connectivity index (χ1v) is 22.3. The smallest absolute Gasteiger partial charge is 0.298 e. The molecule has 1 aliphatic rings. The number of aryl methyl sites for hydroxylation is 1. The predicted molar refractivity (Wildman–Crippen MR) is 247 cm³/mol. The molecule has 20 heteroatoms. The van der Waals surface area contributed by atoms with Crippen molar-refractivity contribution < 1.29 is 57.0 Å². The molecule has 16 nitrogen and oxygen atoms in total. The summed E-state index contributed by atoms with van der Waals surface area (Å²) in [6, 6.07) is 16.0. The number of rotatable bonds is 14. The number of pyridine rings is 1. The van der Waals surface area contributed by atoms with Gasteiger partial charge < -0.3 is 9.88 Å². The van der Waals surface area contributed by atoms with Gasteiger partial charge in [-0.1, -0.05) is 80.0 Å². The maximum atomic E-state index is 14.5. The normalized spacial score (nSPS) is 11.6. The summed E-state index contributed by atoms with van der Waals surface area (Å²) >= 11 is 4.82. The highest BCUT2D eigenvalue weighted by Crippen LogP contribution is 2.45. The largest absolute Gasteiger partial charge is 0.354 e. The van der Waals surface area contributed by atoms with E-state index in [-0.39, 0.29) is 113 Å². The Hall–Kier alpha value is -5.41. The third kappa shape index (κ3) is 10.7. The van der Waals surface area contributed by atoms with Crippen LogP contribution in [0.3, 0.4) is 0 Å². The van der Waals surface area contributed by atoms with Crippen molar-refractivity contribution in [3.63, 3.8) is 0 Å². The first kappa shape index (κ1) is 56.6. The van der Waals surface area contributed by atoms with Gasteiger partial charge in [0.15, 0.2) is 11.6 Å². The lowest BCUT2D eigenvalue weighted by Crippen LogP contribution is -2.29. The molecule has 1 aliphatic carbocycles. The number of carbonyl (C=O) groups is 4. The fraction of sp³-hybridized carbons (Fsp3) is 0.295. The summed E-state index contributed by atoms with van der Waals surface area (Å²) in [6.45, 7) is 3.29. The zero-order valence-corrected chi connectivity index (χ0v) is 36.0. The zero-order chi connectivity index (χ0) is 44.5. The molecule has 5 aromatic rings. The molecule has 0 saturated carbocycles. The number of hydrogen-bond donors (Lipinski definition) is 1. The highest BCUT2D eigenvalue weighted by Gasteiger charge is 2.35. The minimum absolute atomic E-state index is 0. The monoisotopic (exact) mass is 964 g/mol. The second-order valence-electron chi connectivity index (χ2n) is 12.9. The molecule has 0 aliphatic heterocycles. The molecule has 6 rings (SSSR count). The molecular formula is C44H53ClN2O14S3. The molecule has 0 amide bonds. The molecule has 0 saturated heterocycles. The van der Waals surface area contributed by atoms with Crippen molar-refractivity contribution in [1.29, 1.82) is 0 Å². The third-order valence-corrected chi connectivity index (χ3v) is 13.7. The number of aromatic nitrogens is 1. The summed E-state index contributed by atoms with van der Waals surface area (Å²) in [5.74, 6) is -1.80. The molecule has 348 valence electrons. The SMILES string of the molecule is C.C.C.C.CCC(=O)Cc1cc(Nc2ccc3c4c2C(=O)c2ccccc2-c4c(C(=O)c2cccc(S(=O)(=O)OC)c2)c(=O)n3C)c(S(=O)(=O)OC)cc1S(=O)(=O)OC.CCC(=O)Cl. The number of halogens is 1. The van der Waals surface area contributed by atoms with Gasteiger partial charge in [0.25, 0.3) is 35.9 Å². The van der Waals surface area contributed by atoms with Crippen LogP contribution in [-0.4, -0.2) is 73.7 Å². The van der Waals surface area contributed by atoms with Gasteiger partial charge in [0.05, 0.1) is 59.1 Å². The average molecular weight is 966 g/mol. The Morgan fingerprint density at radius 1 is 0.672 bits per heavy atom. The second kappa shape index (κ2) is 22.0. The van der Waals surface area contributed by atoms with E-state index in [1.165, 1.54) is 43.4 Å². The molecule has 1 heterocycles. The van der Waals surface area contributed by atoms with E-state index in [0.29, 0.717) is 6.42 Å². The fourth-order valence-corrected chi connectivity index (χ4v) is 8.96. The van der Waals surface area contributed by atoms with Gasteiger partial charge in [-0.15, -0.1) is 0 Å². The summed E-state index contributed by atoms with van der Waals surface area (Å²) in [4.78, 5) is 63.6. The van der Waals surface area contributed by atoms with E-state index in [0.717, 1.165) is 44.1 Å². The van der Waals surface area contributed by atoms with Crippen molar-refractivity contribution in [2.45, 2.75) is 77.5 Å². The summed E-state index contributed by atoms with van der Waals surface area (Å²) in [7, 11) is -9.38. The lowest BCUT2D eigenvalue weighted by molar-refractivity contribution is -0.118. The molecule has 0 fully saturated rings. The predicted octanol–water partition coefficient (Wildman–Crippen LogP) is 7.96. The van der Waals surface area contributed by atoms with Crippen LogP contribution in [0.4, 0.5) is 11.4 Å². The lowest BCUT2D eigenvalue weighted by Gasteiger charge is -2.26. The fourth-order valence-electron chi connectivity index (χ4n) is 6.46. The number of carbonyl (C=O) groups excluding carboxylic acids is 4. The van der Waals surface area contributed by atoms with E-state index in [1.54, 1.807) is 32.0 Å². The Morgan fingerprint density at radius 2 is 1.23 bits per heavy atom. The van der Waals surface area contributed by atoms with Crippen molar-refractivity contribution in [2.75, 3.05) is 26.6 Å². The van der Waals surface area contributed by atoms with E-state index in [9.17, 15) is 49.2 Å². The van der Waals surface area contributed by atoms with E-state index in [4.69, 9.17) is 15.8 Å². The molecule has 4 aromatic carbocycles. The number of nitrogens with zero attached hydrogens (tertiary/aromatic N) is 1. The van der Waals surface area contributed by atoms with Gasteiger partial charge in [-0.2, -0.15) is 25.3 Å². The van der Waals surface area contributed by atoms with Gasteiger partial charge in [-0.3, -0.25) is 36.5 Å². The summed E-state index contributed by atoms with van der Waals surface area (Å²) in [5, 5.41) is 2.80. The first-order valence-electron chi connectivity index (χ1n) is 17.7. The van der Waals surface area contributed by atoms with Gasteiger partial charge in [-0.25, -0.2) is 0 Å². The summed E-state index contributed by atoms with van der Waals surface area (Å²) in [5.41, 5.74) is -1.14. The van der Waals surface area contributed by atoms with Crippen molar-refractivity contribution in [2.24, 2.45) is 7.05 Å². The standard InChI is InChI=1S/C37H32N2O13S3.C3H5ClO.4CH4/c1-6-22(40)16-21-18-27(30(55(48,49)52-5)19-29(21)54(46,47)51-4)38-26-14-15-28-33-31(24-12-7-8-13-25(24)36(42)32(26)33)34(37(43)39(28)2)35(41)20-10-9-11-23(17-20)53(44,45)50-3;1-2-3(4)5;;;;/h7-15,17-19,38H,6,16H2,1-5H3;2H2,1H3;4*1H4. The van der Waals surface area contributed by atoms with Gasteiger partial charge >= 0.3 is 0 Å². The number of ketones is 3. The molecule has 1 N–H and O–H groups in total. The van der Waals surface area contributed by atoms with Crippen LogP contribution in [0.5, 0.6) is 0 Å². The van der Waals surface area contributed by atoms with Gasteiger partial charge in [0.2, 0.25) is 5.24 Å². The van der Waals surface area contributed by atoms with Crippen molar-refractivity contribution >= 4 is 86.8 Å². The van der Waals surface area contributed by atoms with E-state index in [1.807, 2.05) is 0 Å². The van der Waals surface area contributed by atoms with E-state index < -0.39 is 63.7 Å². The van der Waals surface area contributed by atoms with Crippen LogP contribution >= 0.6 is 11.6 Å². The Balaban J connectivity index is 0.00000216. The van der Waals surface area contributed by atoms with Gasteiger partial charge in [-0.05, 0) is 59.1 Å². The Labute approximate surface area is 379 Å². The van der Waals surface area contributed by atoms with Crippen LogP contribution in [0.1, 0.15) is 93.8 Å². The van der Waals surface area contributed by atoms with E-state index in [2.05, 4.69) is 13.7 Å². The Bertz CT molecular complexity index is 3030. The van der Waals surface area contributed by atoms with Crippen LogP contribution in [0, 0.1) is 0 Å². The quantitative estimate of drug-likeness (QED) is 0.0620. The molecule has 64 heavy (non-hydrogen) atoms. The van der Waals surface area contributed by atoms with Gasteiger partial charge in [0.1, 0.15) is 10.7 Å². The molecule has 1 aromatic heterocycles. The average Bonchev–Trinajstić information content (AvgIpc) is 3.24. The third-order valence-electron chi connectivity index (χ3n) is 9.53. The summed E-state index contributed by atoms with van der Waals surface area (Å²) in [6.07, 6.45) is 0.0462. The first-order chi connectivity index (χ1) is 28.2. The van der Waals surface area contributed by atoms with Crippen molar-refractivity contribution in [3.05, 3.63) is 111 Å². The minimum atomic E-state index is -4.68. The lowest BCUT2D eigenvalue weighted by atomic mass is 9.80. The van der Waals surface area contributed by atoms with Crippen LogP contribution in [0.15, 0.2) is 92.3 Å². The van der Waals surface area contributed by atoms with E-state index >= 15 is 0 Å². The van der Waals surface area contributed by atoms with Crippen LogP contribution in [0.2, 0.25) is 0 Å². The molecule has 0 unspecified atom stereocenters. The number of benzene rings is 4. The highest BCUT2D eigenvalue weighted by atomic mass is 35.5. The Morgan fingerprint density at radius 3 is 1.78 bits per heavy atom. The maximum absolute atomic E-state index is 14.5. The molecule has 0 atom stereocenters. The van der Waals surface area contributed by atoms with Crippen LogP contribution in [-0.2, 0) is 66.0 Å². The second-order valence-corrected chi connectivity index (χ2v) is 18.4. The maximum Gasteiger partial charge on any atom is 0.298 e. The highest BCUT2D eigenvalue weighted by molar-refractivity contribution is 7.87. The number of Topliss-reactive ketones (excluding diaryl/α,β-unsaturated/α-hetero) is 1. The van der Waals surface area contributed by atoms with Crippen LogP contribution < -0.4 is 10.9 Å². The van der Waals surface area contributed by atoms with Crippen LogP contribution in [0.25, 0.3) is 22.0 Å². The van der Waals surface area contributed by atoms with Crippen molar-refractivity contribution in [1.82, 2.24) is 4.57 Å². The topological polar surface area (TPSA) is 232 Å². The minimum Gasteiger partial charge on any atom is -0.354 e. The summed E-state index contributed by atoms with van der Waals surface area (Å²) < 4.78 is 92.8. The van der Waals surface area contributed by atoms with Gasteiger partial charge in [0, 0.05) is 48.4 Å². The zero-order valence-electron chi connectivity index (χ0n) is 32.8. The Kier molecular flexibility index (Phi) is 19.4. The number of fused-ring (bicyclic) bond motifs is 2. The number of anilines is 2. The molecule has 0 bridgehead atoms. The number of nitrogens with one attached hydrogen (secondary N) is 1. The molecular weight excluding hydrogens is 912 g/mol. The van der Waals surface area contributed by atoms with Crippen molar-refractivity contribution in [3.8, 4) is 11.1 Å². The number of hydrogen-bond acceptors (Lipinski definition) is 15. The molecule has 0 spiro atoms. The molecule has 0 radical (unpaired) electrons.